The molecular weight excluding hydrogens is 690 g/mol. The Morgan fingerprint density at radius 2 is 1.98 bits per heavy atom. The minimum Gasteiger partial charge on any atom is -0.495 e. The normalized spacial score (nSPS) is 30.7. The third-order valence-corrected chi connectivity index (χ3v) is 10.5. The number of alkyl carbamates (subject to hydrolysis) is 1. The highest BCUT2D eigenvalue weighted by Gasteiger charge is 2.64. The monoisotopic (exact) mass is 737 g/mol. The van der Waals surface area contributed by atoms with Crippen LogP contribution in [0, 0.1) is 5.92 Å². The average Bonchev–Trinajstić information content (AvgIpc) is 3.76. The number of carbonyl (C=O) groups is 4. The molecule has 0 radical (unpaired) electrons. The Kier molecular flexibility index (Phi) is 12.6. The van der Waals surface area contributed by atoms with Crippen LogP contribution in [0.3, 0.4) is 0 Å². The Hall–Kier alpha value is -3.30. The summed E-state index contributed by atoms with van der Waals surface area (Å²) in [6.45, 7) is 6.96. The van der Waals surface area contributed by atoms with Crippen LogP contribution in [-0.2, 0) is 39.8 Å². The Morgan fingerprint density at radius 3 is 2.62 bits per heavy atom. The first-order valence-electron chi connectivity index (χ1n) is 16.4. The lowest BCUT2D eigenvalue weighted by atomic mass is 9.83. The van der Waals surface area contributed by atoms with Gasteiger partial charge in [0.2, 0.25) is 11.8 Å². The van der Waals surface area contributed by atoms with Gasteiger partial charge < -0.3 is 38.6 Å². The number of hydrogen-bond donors (Lipinski definition) is 3. The van der Waals surface area contributed by atoms with Gasteiger partial charge in [0.15, 0.2) is 5.72 Å². The Bertz CT molecular complexity index is 1540. The fourth-order valence-corrected chi connectivity index (χ4v) is 6.99. The van der Waals surface area contributed by atoms with Crippen LogP contribution in [0.25, 0.3) is 0 Å². The van der Waals surface area contributed by atoms with Crippen molar-refractivity contribution in [3.05, 3.63) is 46.5 Å². The number of fused-ring (bicyclic) bond motifs is 5. The molecule has 8 atom stereocenters. The van der Waals surface area contributed by atoms with Crippen LogP contribution in [0.4, 0.5) is 10.5 Å². The molecule has 0 spiro atoms. The minimum absolute atomic E-state index is 0.0489. The summed E-state index contributed by atoms with van der Waals surface area (Å²) in [5.41, 5.74) is -0.903. The molecule has 3 amide bonds. The smallest absolute Gasteiger partial charge is 0.409 e. The summed E-state index contributed by atoms with van der Waals surface area (Å²) in [6, 6.07) is 2.60. The molecule has 1 aromatic carbocycles. The number of likely N-dealkylation sites (N-methyl/N-ethyl adjacent to an activating group) is 1. The number of carbonyl (C=O) groups excluding carboxylic acids is 4. The van der Waals surface area contributed by atoms with Crippen molar-refractivity contribution in [1.82, 2.24) is 10.2 Å². The molecule has 1 aromatic rings. The topological polar surface area (TPSA) is 156 Å². The summed E-state index contributed by atoms with van der Waals surface area (Å²) in [5, 5.41) is 14.4. The molecule has 15 heteroatoms. The van der Waals surface area contributed by atoms with E-state index in [0.29, 0.717) is 23.6 Å². The van der Waals surface area contributed by atoms with E-state index in [4.69, 9.17) is 35.3 Å². The zero-order valence-electron chi connectivity index (χ0n) is 29.7. The predicted octanol–water partition coefficient (Wildman–Crippen LogP) is 3.83. The Morgan fingerprint density at radius 1 is 1.28 bits per heavy atom. The third-order valence-electron chi connectivity index (χ3n) is 9.85. The zero-order valence-corrected chi connectivity index (χ0v) is 31.4. The molecule has 4 bridgehead atoms. The quantitative estimate of drug-likeness (QED) is 0.214. The molecule has 276 valence electrons. The number of hydrogen-bond acceptors (Lipinski definition) is 11. The molecule has 0 aliphatic carbocycles. The van der Waals surface area contributed by atoms with Crippen molar-refractivity contribution in [2.75, 3.05) is 39.0 Å². The average molecular weight is 738 g/mol. The number of epoxide rings is 1. The van der Waals surface area contributed by atoms with Crippen LogP contribution in [0.5, 0.6) is 5.75 Å². The van der Waals surface area contributed by atoms with Crippen LogP contribution in [-0.4, -0.2) is 110 Å². The summed E-state index contributed by atoms with van der Waals surface area (Å²) < 4.78 is 29.0. The SMILES string of the molecule is COc1cc2cc(c1Cl)N(C)C(=O)C[C@H](OC(=O)C(C)N(C)C(=O)CCS)C1(C)OC1[C@H](C)C1C[C@@](O)(NC(=O)O1)[C@H](OC)C=CC=C(C)C2. The van der Waals surface area contributed by atoms with E-state index >= 15 is 0 Å². The number of rotatable bonds is 7. The number of esters is 1. The molecule has 4 unspecified atom stereocenters. The second-order valence-corrected chi connectivity index (χ2v) is 14.2. The van der Waals surface area contributed by atoms with E-state index in [2.05, 4.69) is 17.9 Å². The number of thiol groups is 1. The van der Waals surface area contributed by atoms with Gasteiger partial charge in [-0.25, -0.2) is 9.59 Å². The number of amides is 3. The van der Waals surface area contributed by atoms with Crippen molar-refractivity contribution in [1.29, 1.82) is 0 Å². The predicted molar refractivity (Wildman–Crippen MR) is 189 cm³/mol. The Labute approximate surface area is 303 Å². The summed E-state index contributed by atoms with van der Waals surface area (Å²) in [5.74, 6) is -1.30. The minimum atomic E-state index is -1.82. The van der Waals surface area contributed by atoms with E-state index in [9.17, 15) is 24.3 Å². The fraction of sp³-hybridized carbons (Fsp3) is 0.600. The van der Waals surface area contributed by atoms with Crippen LogP contribution < -0.4 is 15.0 Å². The van der Waals surface area contributed by atoms with Gasteiger partial charge in [0.25, 0.3) is 0 Å². The number of methoxy groups -OCH3 is 2. The van der Waals surface area contributed by atoms with Crippen molar-refractivity contribution in [2.24, 2.45) is 5.92 Å². The summed E-state index contributed by atoms with van der Waals surface area (Å²) >= 11 is 10.8. The van der Waals surface area contributed by atoms with Crippen molar-refractivity contribution >= 4 is 53.8 Å². The number of anilines is 1. The van der Waals surface area contributed by atoms with Gasteiger partial charge in [-0.1, -0.05) is 42.3 Å². The van der Waals surface area contributed by atoms with Crippen LogP contribution >= 0.6 is 24.2 Å². The molecule has 3 aliphatic rings. The molecule has 0 aromatic heterocycles. The summed E-state index contributed by atoms with van der Waals surface area (Å²) in [7, 11) is 5.98. The van der Waals surface area contributed by atoms with Gasteiger partial charge in [0, 0.05) is 40.0 Å². The lowest BCUT2D eigenvalue weighted by Gasteiger charge is -2.42. The van der Waals surface area contributed by atoms with Gasteiger partial charge in [-0.3, -0.25) is 14.9 Å². The van der Waals surface area contributed by atoms with E-state index in [1.165, 1.54) is 38.0 Å². The van der Waals surface area contributed by atoms with Crippen molar-refractivity contribution in [3.8, 4) is 5.75 Å². The van der Waals surface area contributed by atoms with Crippen molar-refractivity contribution < 1.29 is 48.0 Å². The fourth-order valence-electron chi connectivity index (χ4n) is 6.49. The highest BCUT2D eigenvalue weighted by Crippen LogP contribution is 2.49. The highest BCUT2D eigenvalue weighted by atomic mass is 35.5. The number of nitrogens with one attached hydrogen (secondary N) is 1. The number of aliphatic hydroxyl groups is 1. The number of ether oxygens (including phenoxy) is 5. The van der Waals surface area contributed by atoms with Gasteiger partial charge in [-0.2, -0.15) is 12.6 Å². The first kappa shape index (κ1) is 39.5. The van der Waals surface area contributed by atoms with Gasteiger partial charge in [0.1, 0.15) is 40.7 Å². The number of nitrogens with zero attached hydrogens (tertiary/aromatic N) is 2. The van der Waals surface area contributed by atoms with Gasteiger partial charge in [-0.15, -0.1) is 0 Å². The second kappa shape index (κ2) is 15.9. The molecule has 2 fully saturated rings. The zero-order chi connectivity index (χ0) is 37.1. The van der Waals surface area contributed by atoms with Crippen LogP contribution in [0.2, 0.25) is 5.02 Å². The number of allylic oxidation sites excluding steroid dienone is 3. The molecule has 0 saturated carbocycles. The standard InChI is InChI=1S/C35H48ClN3O10S/c1-19-10-9-11-26(46-8)35(44)18-25(47-33(43)37-35)20(2)31-34(4,49-31)27(48-32(42)21(3)38(5)28(40)12-13-50)17-29(41)39(6)23-15-22(14-19)16-24(45-7)30(23)36/h9-11,15-16,20-21,25-27,31,44,50H,12-14,17-18H2,1-8H3,(H,37,43)/t20-,21?,25?,26-,27+,31?,34?,35+/m1/s1. The van der Waals surface area contributed by atoms with E-state index in [0.717, 1.165) is 11.1 Å². The number of halogens is 1. The first-order chi connectivity index (χ1) is 23.5. The maximum atomic E-state index is 14.0. The van der Waals surface area contributed by atoms with Crippen LogP contribution in [0.15, 0.2) is 35.9 Å². The first-order valence-corrected chi connectivity index (χ1v) is 17.5. The van der Waals surface area contributed by atoms with Crippen molar-refractivity contribution in [3.63, 3.8) is 0 Å². The van der Waals surface area contributed by atoms with E-state index in [1.807, 2.05) is 13.0 Å². The summed E-state index contributed by atoms with van der Waals surface area (Å²) in [6.07, 6.45) is 1.08. The van der Waals surface area contributed by atoms with Gasteiger partial charge in [0.05, 0.1) is 25.3 Å². The second-order valence-electron chi connectivity index (χ2n) is 13.4. The summed E-state index contributed by atoms with van der Waals surface area (Å²) in [4.78, 5) is 55.6. The lowest BCUT2D eigenvalue weighted by Crippen LogP contribution is -2.63. The van der Waals surface area contributed by atoms with E-state index in [-0.39, 0.29) is 30.2 Å². The largest absolute Gasteiger partial charge is 0.495 e. The molecule has 2 N–H and O–H groups in total. The van der Waals surface area contributed by atoms with Gasteiger partial charge >= 0.3 is 12.1 Å². The molecule has 2 saturated heterocycles. The molecule has 50 heavy (non-hydrogen) atoms. The van der Waals surface area contributed by atoms with E-state index in [1.54, 1.807) is 45.2 Å². The maximum Gasteiger partial charge on any atom is 0.409 e. The molecule has 4 rings (SSSR count). The third kappa shape index (κ3) is 8.42. The molecular formula is C35H48ClN3O10S. The number of benzene rings is 1. The molecule has 3 heterocycles. The lowest BCUT2D eigenvalue weighted by molar-refractivity contribution is -0.161. The Balaban J connectivity index is 1.78. The van der Waals surface area contributed by atoms with Crippen molar-refractivity contribution in [2.45, 2.75) is 95.2 Å². The molecule has 3 aliphatic heterocycles. The molecule has 13 nitrogen and oxygen atoms in total. The van der Waals surface area contributed by atoms with Crippen LogP contribution in [0.1, 0.15) is 52.5 Å². The van der Waals surface area contributed by atoms with E-state index < -0.39 is 65.7 Å². The maximum absolute atomic E-state index is 14.0. The van der Waals surface area contributed by atoms with Gasteiger partial charge in [-0.05, 0) is 50.6 Å². The highest BCUT2D eigenvalue weighted by molar-refractivity contribution is 7.80.